The van der Waals surface area contributed by atoms with Gasteiger partial charge in [0, 0.05) is 23.6 Å². The molecule has 0 radical (unpaired) electrons. The highest BCUT2D eigenvalue weighted by molar-refractivity contribution is 6.89. The summed E-state index contributed by atoms with van der Waals surface area (Å²) in [6.45, 7) is 4.78. The number of para-hydroxylation sites is 1. The molecular weight excluding hydrogens is 423 g/mol. The molecule has 0 amide bonds. The third-order valence-corrected chi connectivity index (χ3v) is 5.71. The van der Waals surface area contributed by atoms with Crippen molar-refractivity contribution in [1.82, 2.24) is 9.55 Å². The molecule has 0 N–H and O–H groups in total. The Labute approximate surface area is 209 Å². The zero-order valence-corrected chi connectivity index (χ0v) is 20.4. The molecule has 0 aliphatic rings. The van der Waals surface area contributed by atoms with E-state index < -0.39 is 0 Å². The van der Waals surface area contributed by atoms with Gasteiger partial charge in [-0.05, 0) is 18.1 Å². The van der Waals surface area contributed by atoms with Crippen molar-refractivity contribution >= 4 is 17.6 Å². The summed E-state index contributed by atoms with van der Waals surface area (Å²) < 4.78 is 2.09. The van der Waals surface area contributed by atoms with E-state index in [1.807, 2.05) is 48.8 Å². The molecule has 0 aliphatic carbocycles. The maximum Gasteiger partial charge on any atom is 0.233 e. The van der Waals surface area contributed by atoms with Crippen LogP contribution in [0.1, 0.15) is 13.8 Å². The Morgan fingerprint density at radius 3 is 1.66 bits per heavy atom. The lowest BCUT2D eigenvalue weighted by Gasteiger charge is -2.10. The molecule has 172 valence electrons. The zero-order chi connectivity index (χ0) is 24.3. The van der Waals surface area contributed by atoms with Crippen LogP contribution >= 0.6 is 0 Å². The summed E-state index contributed by atoms with van der Waals surface area (Å²) in [5.41, 5.74) is 4.95. The van der Waals surface area contributed by atoms with Crippen molar-refractivity contribution in [2.75, 3.05) is 0 Å². The summed E-state index contributed by atoms with van der Waals surface area (Å²) in [6.07, 6.45) is 6.09. The van der Waals surface area contributed by atoms with E-state index >= 15 is 0 Å². The molecule has 0 unspecified atom stereocenters. The Morgan fingerprint density at radius 2 is 1.14 bits per heavy atom. The molecular formula is C32H31BN2. The van der Waals surface area contributed by atoms with Gasteiger partial charge >= 0.3 is 0 Å². The smallest absolute Gasteiger partial charge is 0.233 e. The number of nitrogens with zero attached hydrogens (tertiary/aromatic N) is 2. The first-order valence-corrected chi connectivity index (χ1v) is 12.1. The molecule has 5 rings (SSSR count). The summed E-state index contributed by atoms with van der Waals surface area (Å²) >= 11 is 0. The van der Waals surface area contributed by atoms with Crippen molar-refractivity contribution in [3.8, 4) is 17.1 Å². The van der Waals surface area contributed by atoms with E-state index in [1.54, 1.807) is 0 Å². The van der Waals surface area contributed by atoms with Crippen LogP contribution in [0.5, 0.6) is 0 Å². The first kappa shape index (κ1) is 24.0. The van der Waals surface area contributed by atoms with Gasteiger partial charge in [-0.3, -0.25) is 4.57 Å². The lowest BCUT2D eigenvalue weighted by atomic mass is 9.40. The second-order valence-corrected chi connectivity index (χ2v) is 8.75. The summed E-state index contributed by atoms with van der Waals surface area (Å²) in [5, 5.41) is 0. The van der Waals surface area contributed by atoms with E-state index in [9.17, 15) is 0 Å². The number of aromatic nitrogens is 2. The summed E-state index contributed by atoms with van der Waals surface area (Å²) in [7, 11) is 0. The third-order valence-electron chi connectivity index (χ3n) is 5.71. The van der Waals surface area contributed by atoms with Gasteiger partial charge in [-0.1, -0.05) is 140 Å². The summed E-state index contributed by atoms with van der Waals surface area (Å²) in [5.74, 6) is 3.87. The summed E-state index contributed by atoms with van der Waals surface area (Å²) in [6, 6.07) is 41.8. The molecule has 1 aromatic heterocycles. The van der Waals surface area contributed by atoms with E-state index in [-0.39, 0.29) is 0 Å². The van der Waals surface area contributed by atoms with E-state index in [4.69, 9.17) is 0 Å². The van der Waals surface area contributed by atoms with Crippen LogP contribution in [0.25, 0.3) is 17.1 Å². The molecule has 0 bridgehead atoms. The Morgan fingerprint density at radius 1 is 0.657 bits per heavy atom. The minimum absolute atomic E-state index is 0.356. The van der Waals surface area contributed by atoms with E-state index in [2.05, 4.69) is 120 Å². The highest BCUT2D eigenvalue weighted by Crippen LogP contribution is 2.20. The van der Waals surface area contributed by atoms with Crippen LogP contribution in [0.3, 0.4) is 0 Å². The standard InChI is InChI=1S/C17H19B.C15H12N2/c1-15(2)13-14-18(16-9-5-3-6-10-16)17-11-7-4-8-12-17;1-3-7-13(8-4-1)15-16-11-12-17(15)14-9-5-2-6-10-14/h3-15H,1-2H3;1-12H. The largest absolute Gasteiger partial charge is 0.300 e. The molecule has 4 aromatic carbocycles. The van der Waals surface area contributed by atoms with Crippen LogP contribution in [-0.4, -0.2) is 16.3 Å². The van der Waals surface area contributed by atoms with Gasteiger partial charge in [0.15, 0.2) is 0 Å². The fraction of sp³-hybridized carbons (Fsp3) is 0.0938. The van der Waals surface area contributed by atoms with E-state index in [1.165, 1.54) is 10.9 Å². The van der Waals surface area contributed by atoms with Gasteiger partial charge < -0.3 is 0 Å². The van der Waals surface area contributed by atoms with Gasteiger partial charge in [0.25, 0.3) is 0 Å². The van der Waals surface area contributed by atoms with Crippen LogP contribution in [-0.2, 0) is 0 Å². The van der Waals surface area contributed by atoms with E-state index in [0.29, 0.717) is 12.6 Å². The highest BCUT2D eigenvalue weighted by atomic mass is 15.1. The van der Waals surface area contributed by atoms with Gasteiger partial charge in [0.2, 0.25) is 6.71 Å². The molecule has 0 saturated heterocycles. The number of imidazole rings is 1. The second-order valence-electron chi connectivity index (χ2n) is 8.75. The quantitative estimate of drug-likeness (QED) is 0.265. The van der Waals surface area contributed by atoms with Gasteiger partial charge in [-0.2, -0.15) is 0 Å². The maximum absolute atomic E-state index is 4.43. The van der Waals surface area contributed by atoms with Crippen molar-refractivity contribution in [2.24, 2.45) is 5.92 Å². The van der Waals surface area contributed by atoms with Crippen molar-refractivity contribution in [3.63, 3.8) is 0 Å². The van der Waals surface area contributed by atoms with E-state index in [0.717, 1.165) is 17.1 Å². The summed E-state index contributed by atoms with van der Waals surface area (Å²) in [4.78, 5) is 4.43. The molecule has 0 saturated carbocycles. The SMILES string of the molecule is CC(C)C=CB(c1ccccc1)c1ccccc1.c1ccc(-c2nccn2-c2ccccc2)cc1. The van der Waals surface area contributed by atoms with Gasteiger partial charge in [-0.15, -0.1) is 5.98 Å². The van der Waals surface area contributed by atoms with Crippen molar-refractivity contribution < 1.29 is 0 Å². The third kappa shape index (κ3) is 6.71. The molecule has 0 aliphatic heterocycles. The van der Waals surface area contributed by atoms with Crippen LogP contribution in [0.2, 0.25) is 0 Å². The minimum atomic E-state index is 0.356. The van der Waals surface area contributed by atoms with Gasteiger partial charge in [0.1, 0.15) is 5.82 Å². The van der Waals surface area contributed by atoms with Crippen molar-refractivity contribution in [2.45, 2.75) is 13.8 Å². The Bertz CT molecular complexity index is 1200. The lowest BCUT2D eigenvalue weighted by molar-refractivity contribution is 0.833. The normalized spacial score (nSPS) is 10.7. The zero-order valence-electron chi connectivity index (χ0n) is 20.4. The molecule has 0 spiro atoms. The maximum atomic E-state index is 4.43. The molecule has 0 fully saturated rings. The van der Waals surface area contributed by atoms with Crippen LogP contribution in [0.4, 0.5) is 0 Å². The van der Waals surface area contributed by atoms with Crippen LogP contribution < -0.4 is 10.9 Å². The molecule has 1 heterocycles. The Balaban J connectivity index is 0.000000165. The number of hydrogen-bond donors (Lipinski definition) is 0. The van der Waals surface area contributed by atoms with Crippen molar-refractivity contribution in [3.05, 3.63) is 146 Å². The predicted octanol–water partition coefficient (Wildman–Crippen LogP) is 6.59. The average molecular weight is 454 g/mol. The minimum Gasteiger partial charge on any atom is -0.300 e. The average Bonchev–Trinajstić information content (AvgIpc) is 3.42. The number of allylic oxidation sites excluding steroid dienone is 1. The monoisotopic (exact) mass is 454 g/mol. The first-order valence-electron chi connectivity index (χ1n) is 12.1. The Hall–Kier alpha value is -4.11. The highest BCUT2D eigenvalue weighted by Gasteiger charge is 2.14. The number of rotatable bonds is 6. The van der Waals surface area contributed by atoms with Gasteiger partial charge in [0.05, 0.1) is 0 Å². The van der Waals surface area contributed by atoms with Crippen LogP contribution in [0, 0.1) is 5.92 Å². The topological polar surface area (TPSA) is 17.8 Å². The Kier molecular flexibility index (Phi) is 8.50. The van der Waals surface area contributed by atoms with Crippen molar-refractivity contribution in [1.29, 1.82) is 0 Å². The molecule has 0 atom stereocenters. The van der Waals surface area contributed by atoms with Crippen LogP contribution in [0.15, 0.2) is 146 Å². The first-order chi connectivity index (χ1) is 17.2. The molecule has 3 heteroatoms. The number of hydrogen-bond acceptors (Lipinski definition) is 1. The number of benzene rings is 4. The predicted molar refractivity (Wildman–Crippen MR) is 151 cm³/mol. The fourth-order valence-electron chi connectivity index (χ4n) is 3.97. The second kappa shape index (κ2) is 12.4. The van der Waals surface area contributed by atoms with Gasteiger partial charge in [-0.25, -0.2) is 4.98 Å². The fourth-order valence-corrected chi connectivity index (χ4v) is 3.97. The molecule has 2 nitrogen and oxygen atoms in total. The molecule has 5 aromatic rings. The molecule has 35 heavy (non-hydrogen) atoms. The lowest BCUT2D eigenvalue weighted by Crippen LogP contribution is -2.40.